The third kappa shape index (κ3) is 3.41. The summed E-state index contributed by atoms with van der Waals surface area (Å²) in [5.41, 5.74) is 1.89. The highest BCUT2D eigenvalue weighted by molar-refractivity contribution is 7.89. The number of sulfonamides is 1. The fourth-order valence-corrected chi connectivity index (χ4v) is 4.58. The van der Waals surface area contributed by atoms with Crippen molar-refractivity contribution >= 4 is 27.3 Å². The SMILES string of the molecule is Cc1ccc(Cl)cc1N1CCN(S(=O)(=O)c2ccc(F)c(F)c2F)CC1. The number of rotatable bonds is 3. The van der Waals surface area contributed by atoms with Crippen molar-refractivity contribution < 1.29 is 21.6 Å². The van der Waals surface area contributed by atoms with Crippen LogP contribution in [0.5, 0.6) is 0 Å². The number of hydrogen-bond donors (Lipinski definition) is 0. The third-order valence-corrected chi connectivity index (χ3v) is 6.52. The van der Waals surface area contributed by atoms with Gasteiger partial charge in [-0.2, -0.15) is 4.31 Å². The van der Waals surface area contributed by atoms with E-state index in [4.69, 9.17) is 11.6 Å². The number of aryl methyl sites for hydroxylation is 1. The van der Waals surface area contributed by atoms with Crippen molar-refractivity contribution in [3.8, 4) is 0 Å². The lowest BCUT2D eigenvalue weighted by molar-refractivity contribution is 0.377. The van der Waals surface area contributed by atoms with Crippen LogP contribution in [0.25, 0.3) is 0 Å². The quantitative estimate of drug-likeness (QED) is 0.734. The Hall–Kier alpha value is -1.77. The molecule has 1 heterocycles. The Balaban J connectivity index is 1.81. The molecule has 4 nitrogen and oxygen atoms in total. The van der Waals surface area contributed by atoms with Crippen molar-refractivity contribution in [2.75, 3.05) is 31.1 Å². The van der Waals surface area contributed by atoms with Crippen molar-refractivity contribution in [2.24, 2.45) is 0 Å². The minimum atomic E-state index is -4.26. The second-order valence-corrected chi connectivity index (χ2v) is 8.34. The first kappa shape index (κ1) is 19.0. The summed E-state index contributed by atoms with van der Waals surface area (Å²) in [5, 5.41) is 0.574. The molecule has 2 aromatic rings. The highest BCUT2D eigenvalue weighted by atomic mass is 35.5. The van der Waals surface area contributed by atoms with Gasteiger partial charge in [-0.15, -0.1) is 0 Å². The van der Waals surface area contributed by atoms with E-state index in [-0.39, 0.29) is 13.1 Å². The number of piperazine rings is 1. The highest BCUT2D eigenvalue weighted by Crippen LogP contribution is 2.28. The van der Waals surface area contributed by atoms with E-state index in [2.05, 4.69) is 0 Å². The molecule has 0 radical (unpaired) electrons. The number of benzene rings is 2. The molecule has 0 aliphatic carbocycles. The van der Waals surface area contributed by atoms with Gasteiger partial charge < -0.3 is 4.90 Å². The molecule has 2 aromatic carbocycles. The Morgan fingerprint density at radius 3 is 2.27 bits per heavy atom. The van der Waals surface area contributed by atoms with E-state index in [1.54, 1.807) is 12.1 Å². The maximum absolute atomic E-state index is 13.9. The zero-order chi connectivity index (χ0) is 19.1. The third-order valence-electron chi connectivity index (χ3n) is 4.37. The number of nitrogens with zero attached hydrogens (tertiary/aromatic N) is 2. The maximum Gasteiger partial charge on any atom is 0.246 e. The molecular formula is C17H16ClF3N2O2S. The lowest BCUT2D eigenvalue weighted by atomic mass is 10.1. The van der Waals surface area contributed by atoms with E-state index in [0.29, 0.717) is 24.2 Å². The summed E-state index contributed by atoms with van der Waals surface area (Å²) in [6, 6.07) is 6.80. The van der Waals surface area contributed by atoms with Gasteiger partial charge in [-0.3, -0.25) is 0 Å². The smallest absolute Gasteiger partial charge is 0.246 e. The lowest BCUT2D eigenvalue weighted by Gasteiger charge is -2.36. The molecule has 0 bridgehead atoms. The van der Waals surface area contributed by atoms with Crippen molar-refractivity contribution in [3.05, 3.63) is 58.4 Å². The van der Waals surface area contributed by atoms with Gasteiger partial charge in [-0.05, 0) is 36.8 Å². The monoisotopic (exact) mass is 404 g/mol. The van der Waals surface area contributed by atoms with E-state index in [1.807, 2.05) is 17.9 Å². The largest absolute Gasteiger partial charge is 0.369 e. The van der Waals surface area contributed by atoms with Gasteiger partial charge in [0.15, 0.2) is 17.5 Å². The molecule has 0 amide bonds. The van der Waals surface area contributed by atoms with Gasteiger partial charge in [0.2, 0.25) is 10.0 Å². The fourth-order valence-electron chi connectivity index (χ4n) is 2.94. The van der Waals surface area contributed by atoms with Gasteiger partial charge >= 0.3 is 0 Å². The Morgan fingerprint density at radius 2 is 1.62 bits per heavy atom. The minimum Gasteiger partial charge on any atom is -0.369 e. The van der Waals surface area contributed by atoms with Gasteiger partial charge in [0, 0.05) is 36.9 Å². The van der Waals surface area contributed by atoms with Crippen LogP contribution in [0, 0.1) is 24.4 Å². The second-order valence-electron chi connectivity index (χ2n) is 6.00. The van der Waals surface area contributed by atoms with E-state index < -0.39 is 32.4 Å². The zero-order valence-electron chi connectivity index (χ0n) is 13.8. The van der Waals surface area contributed by atoms with E-state index >= 15 is 0 Å². The van der Waals surface area contributed by atoms with Gasteiger partial charge in [-0.25, -0.2) is 21.6 Å². The Bertz CT molecular complexity index is 945. The molecule has 9 heteroatoms. The summed E-state index contributed by atoms with van der Waals surface area (Å²) in [6.45, 7) is 2.84. The van der Waals surface area contributed by atoms with Crippen molar-refractivity contribution in [3.63, 3.8) is 0 Å². The Morgan fingerprint density at radius 1 is 0.962 bits per heavy atom. The molecule has 140 valence electrons. The van der Waals surface area contributed by atoms with Crippen LogP contribution in [-0.2, 0) is 10.0 Å². The number of anilines is 1. The first-order valence-electron chi connectivity index (χ1n) is 7.86. The van der Waals surface area contributed by atoms with Crippen molar-refractivity contribution in [1.29, 1.82) is 0 Å². The van der Waals surface area contributed by atoms with Crippen LogP contribution in [0.3, 0.4) is 0 Å². The average molecular weight is 405 g/mol. The number of hydrogen-bond acceptors (Lipinski definition) is 3. The second kappa shape index (κ2) is 7.09. The van der Waals surface area contributed by atoms with Crippen LogP contribution in [-0.4, -0.2) is 38.9 Å². The van der Waals surface area contributed by atoms with Crippen LogP contribution in [0.1, 0.15) is 5.56 Å². The fraction of sp³-hybridized carbons (Fsp3) is 0.294. The summed E-state index contributed by atoms with van der Waals surface area (Å²) in [6.07, 6.45) is 0. The maximum atomic E-state index is 13.9. The molecule has 1 aliphatic rings. The molecule has 0 aromatic heterocycles. The summed E-state index contributed by atoms with van der Waals surface area (Å²) in [4.78, 5) is 1.12. The van der Waals surface area contributed by atoms with E-state index in [0.717, 1.165) is 21.6 Å². The van der Waals surface area contributed by atoms with Crippen LogP contribution in [0.4, 0.5) is 18.9 Å². The Labute approximate surface area is 154 Å². The molecule has 1 fully saturated rings. The molecule has 0 N–H and O–H groups in total. The number of halogens is 4. The molecule has 0 saturated carbocycles. The first-order chi connectivity index (χ1) is 12.2. The van der Waals surface area contributed by atoms with Crippen LogP contribution < -0.4 is 4.90 Å². The predicted octanol–water partition coefficient (Wildman–Crippen LogP) is 3.58. The first-order valence-corrected chi connectivity index (χ1v) is 9.68. The van der Waals surface area contributed by atoms with Crippen molar-refractivity contribution in [1.82, 2.24) is 4.31 Å². The average Bonchev–Trinajstić information content (AvgIpc) is 2.61. The molecule has 0 atom stereocenters. The lowest BCUT2D eigenvalue weighted by Crippen LogP contribution is -2.49. The summed E-state index contributed by atoms with van der Waals surface area (Å²) < 4.78 is 66.6. The molecule has 3 rings (SSSR count). The molecule has 1 saturated heterocycles. The van der Waals surface area contributed by atoms with Gasteiger partial charge in [-0.1, -0.05) is 17.7 Å². The summed E-state index contributed by atoms with van der Waals surface area (Å²) in [5.74, 6) is -4.92. The topological polar surface area (TPSA) is 40.6 Å². The normalized spacial score (nSPS) is 16.1. The predicted molar refractivity (Wildman–Crippen MR) is 93.5 cm³/mol. The summed E-state index contributed by atoms with van der Waals surface area (Å²) >= 11 is 6.02. The molecule has 26 heavy (non-hydrogen) atoms. The standard InChI is InChI=1S/C17H16ClF3N2O2S/c1-11-2-3-12(18)10-14(11)22-6-8-23(9-7-22)26(24,25)15-5-4-13(19)16(20)17(15)21/h2-5,10H,6-9H2,1H3. The van der Waals surface area contributed by atoms with E-state index in [9.17, 15) is 21.6 Å². The van der Waals surface area contributed by atoms with Gasteiger partial charge in [0.05, 0.1) is 0 Å². The van der Waals surface area contributed by atoms with Gasteiger partial charge in [0.25, 0.3) is 0 Å². The van der Waals surface area contributed by atoms with Crippen LogP contribution in [0.15, 0.2) is 35.2 Å². The Kier molecular flexibility index (Phi) is 5.18. The summed E-state index contributed by atoms with van der Waals surface area (Å²) in [7, 11) is -4.26. The van der Waals surface area contributed by atoms with Gasteiger partial charge in [0.1, 0.15) is 4.90 Å². The van der Waals surface area contributed by atoms with Crippen LogP contribution >= 0.6 is 11.6 Å². The minimum absolute atomic E-state index is 0.0900. The van der Waals surface area contributed by atoms with E-state index in [1.165, 1.54) is 0 Å². The molecule has 1 aliphatic heterocycles. The van der Waals surface area contributed by atoms with Crippen LogP contribution in [0.2, 0.25) is 5.02 Å². The van der Waals surface area contributed by atoms with Crippen molar-refractivity contribution in [2.45, 2.75) is 11.8 Å². The molecule has 0 spiro atoms. The molecule has 0 unspecified atom stereocenters. The molecular weight excluding hydrogens is 389 g/mol. The highest BCUT2D eigenvalue weighted by Gasteiger charge is 2.32. The zero-order valence-corrected chi connectivity index (χ0v) is 15.4.